The summed E-state index contributed by atoms with van der Waals surface area (Å²) in [6.45, 7) is -0.376. The molecule has 0 aliphatic carbocycles. The minimum atomic E-state index is -2.52. The minimum absolute atomic E-state index is 0.0647. The first-order valence-electron chi connectivity index (χ1n) is 6.42. The van der Waals surface area contributed by atoms with Crippen molar-refractivity contribution < 1.29 is 18.7 Å². The van der Waals surface area contributed by atoms with E-state index in [0.29, 0.717) is 6.54 Å². The second-order valence-corrected chi connectivity index (χ2v) is 4.59. The van der Waals surface area contributed by atoms with Gasteiger partial charge in [0.25, 0.3) is 6.43 Å². The van der Waals surface area contributed by atoms with Crippen LogP contribution in [-0.4, -0.2) is 60.5 Å². The summed E-state index contributed by atoms with van der Waals surface area (Å²) in [5.74, 6) is -0.247. The Morgan fingerprint density at radius 1 is 1.30 bits per heavy atom. The van der Waals surface area contributed by atoms with Crippen molar-refractivity contribution in [3.63, 3.8) is 0 Å². The van der Waals surface area contributed by atoms with Gasteiger partial charge < -0.3 is 10.0 Å². The molecule has 0 aromatic heterocycles. The van der Waals surface area contributed by atoms with Crippen LogP contribution in [0, 0.1) is 0 Å². The first-order chi connectivity index (χ1) is 9.52. The van der Waals surface area contributed by atoms with Gasteiger partial charge in [0, 0.05) is 20.1 Å². The van der Waals surface area contributed by atoms with E-state index in [1.54, 1.807) is 7.05 Å². The lowest BCUT2D eigenvalue weighted by Gasteiger charge is -2.24. The van der Waals surface area contributed by atoms with Gasteiger partial charge in [-0.15, -0.1) is 0 Å². The summed E-state index contributed by atoms with van der Waals surface area (Å²) in [7, 11) is 1.63. The smallest absolute Gasteiger partial charge is 0.251 e. The number of rotatable bonds is 8. The third-order valence-corrected chi connectivity index (χ3v) is 2.86. The fraction of sp³-hybridized carbons (Fsp3) is 0.500. The lowest BCUT2D eigenvalue weighted by atomic mass is 10.2. The SMILES string of the molecule is CN(Cc1ccccc1)C(=O)CN(CCO)CC(F)F. The molecule has 0 saturated heterocycles. The van der Waals surface area contributed by atoms with Crippen molar-refractivity contribution in [1.82, 2.24) is 9.80 Å². The molecular weight excluding hydrogens is 266 g/mol. The highest BCUT2D eigenvalue weighted by molar-refractivity contribution is 5.78. The van der Waals surface area contributed by atoms with Gasteiger partial charge >= 0.3 is 0 Å². The second-order valence-electron chi connectivity index (χ2n) is 4.59. The number of benzene rings is 1. The Bertz CT molecular complexity index is 401. The molecule has 0 aliphatic rings. The fourth-order valence-corrected chi connectivity index (χ4v) is 1.83. The van der Waals surface area contributed by atoms with Crippen molar-refractivity contribution in [1.29, 1.82) is 0 Å². The van der Waals surface area contributed by atoms with Gasteiger partial charge in [0.2, 0.25) is 5.91 Å². The number of aliphatic hydroxyl groups is 1. The molecule has 1 amide bonds. The molecule has 1 aromatic carbocycles. The number of carbonyl (C=O) groups excluding carboxylic acids is 1. The number of amides is 1. The van der Waals surface area contributed by atoms with Gasteiger partial charge in [-0.25, -0.2) is 8.78 Å². The van der Waals surface area contributed by atoms with Crippen LogP contribution in [0.15, 0.2) is 30.3 Å². The van der Waals surface area contributed by atoms with Gasteiger partial charge in [-0.1, -0.05) is 30.3 Å². The predicted octanol–water partition coefficient (Wildman–Crippen LogP) is 1.20. The number of halogens is 2. The Kier molecular flexibility index (Phi) is 7.11. The summed E-state index contributed by atoms with van der Waals surface area (Å²) in [5.41, 5.74) is 0.978. The first-order valence-corrected chi connectivity index (χ1v) is 6.42. The van der Waals surface area contributed by atoms with E-state index in [9.17, 15) is 13.6 Å². The molecule has 20 heavy (non-hydrogen) atoms. The monoisotopic (exact) mass is 286 g/mol. The molecule has 0 fully saturated rings. The quantitative estimate of drug-likeness (QED) is 0.781. The number of carbonyl (C=O) groups is 1. The summed E-state index contributed by atoms with van der Waals surface area (Å²) < 4.78 is 24.7. The highest BCUT2D eigenvalue weighted by atomic mass is 19.3. The van der Waals surface area contributed by atoms with Crippen LogP contribution in [0.25, 0.3) is 0 Å². The largest absolute Gasteiger partial charge is 0.395 e. The van der Waals surface area contributed by atoms with Crippen molar-refractivity contribution in [3.8, 4) is 0 Å². The Hall–Kier alpha value is -1.53. The Morgan fingerprint density at radius 2 is 1.95 bits per heavy atom. The maximum atomic E-state index is 12.4. The Balaban J connectivity index is 2.50. The van der Waals surface area contributed by atoms with E-state index in [4.69, 9.17) is 5.11 Å². The molecule has 0 atom stereocenters. The van der Waals surface area contributed by atoms with Gasteiger partial charge in [0.05, 0.1) is 19.7 Å². The van der Waals surface area contributed by atoms with E-state index < -0.39 is 13.0 Å². The predicted molar refractivity (Wildman–Crippen MR) is 72.4 cm³/mol. The van der Waals surface area contributed by atoms with Crippen LogP contribution < -0.4 is 0 Å². The molecule has 0 saturated carbocycles. The van der Waals surface area contributed by atoms with Crippen molar-refractivity contribution >= 4 is 5.91 Å². The lowest BCUT2D eigenvalue weighted by molar-refractivity contribution is -0.132. The summed E-state index contributed by atoms with van der Waals surface area (Å²) in [4.78, 5) is 14.7. The van der Waals surface area contributed by atoms with Gasteiger partial charge in [-0.3, -0.25) is 9.69 Å². The zero-order valence-corrected chi connectivity index (χ0v) is 11.5. The molecule has 0 spiro atoms. The minimum Gasteiger partial charge on any atom is -0.395 e. The van der Waals surface area contributed by atoms with Crippen LogP contribution in [0.2, 0.25) is 0 Å². The summed E-state index contributed by atoms with van der Waals surface area (Å²) in [6.07, 6.45) is -2.52. The topological polar surface area (TPSA) is 43.8 Å². The van der Waals surface area contributed by atoms with Crippen LogP contribution in [0.4, 0.5) is 8.78 Å². The van der Waals surface area contributed by atoms with Gasteiger partial charge in [-0.2, -0.15) is 0 Å². The van der Waals surface area contributed by atoms with Crippen LogP contribution in [0.3, 0.4) is 0 Å². The Labute approximate surface area is 117 Å². The van der Waals surface area contributed by atoms with Gasteiger partial charge in [0.1, 0.15) is 0 Å². The molecule has 0 heterocycles. The van der Waals surface area contributed by atoms with Crippen molar-refractivity contribution in [3.05, 3.63) is 35.9 Å². The molecule has 0 unspecified atom stereocenters. The van der Waals surface area contributed by atoms with E-state index in [-0.39, 0.29) is 25.6 Å². The normalized spacial score (nSPS) is 11.1. The van der Waals surface area contributed by atoms with Crippen LogP contribution >= 0.6 is 0 Å². The first kappa shape index (κ1) is 16.5. The van der Waals surface area contributed by atoms with E-state index in [1.165, 1.54) is 9.80 Å². The molecule has 0 bridgehead atoms. The summed E-state index contributed by atoms with van der Waals surface area (Å²) in [6, 6.07) is 9.44. The molecule has 112 valence electrons. The number of aliphatic hydroxyl groups excluding tert-OH is 1. The summed E-state index contributed by atoms with van der Waals surface area (Å²) >= 11 is 0. The highest BCUT2D eigenvalue weighted by Gasteiger charge is 2.17. The maximum absolute atomic E-state index is 12.4. The molecule has 1 rings (SSSR count). The van der Waals surface area contributed by atoms with Crippen LogP contribution in [0.5, 0.6) is 0 Å². The molecule has 6 heteroatoms. The van der Waals surface area contributed by atoms with Gasteiger partial charge in [0.15, 0.2) is 0 Å². The third kappa shape index (κ3) is 6.08. The molecule has 0 aliphatic heterocycles. The average molecular weight is 286 g/mol. The number of hydrogen-bond donors (Lipinski definition) is 1. The van der Waals surface area contributed by atoms with Crippen LogP contribution in [-0.2, 0) is 11.3 Å². The fourth-order valence-electron chi connectivity index (χ4n) is 1.83. The van der Waals surface area contributed by atoms with Crippen molar-refractivity contribution in [2.24, 2.45) is 0 Å². The number of nitrogens with zero attached hydrogens (tertiary/aromatic N) is 2. The summed E-state index contributed by atoms with van der Waals surface area (Å²) in [5, 5.41) is 8.82. The van der Waals surface area contributed by atoms with E-state index in [1.807, 2.05) is 30.3 Å². The van der Waals surface area contributed by atoms with Gasteiger partial charge in [-0.05, 0) is 5.56 Å². The van der Waals surface area contributed by atoms with E-state index in [2.05, 4.69) is 0 Å². The molecule has 0 radical (unpaired) electrons. The average Bonchev–Trinajstić information content (AvgIpc) is 2.39. The Morgan fingerprint density at radius 3 is 2.50 bits per heavy atom. The molecule has 4 nitrogen and oxygen atoms in total. The molecule has 1 N–H and O–H groups in total. The highest BCUT2D eigenvalue weighted by Crippen LogP contribution is 2.04. The third-order valence-electron chi connectivity index (χ3n) is 2.86. The molecular formula is C14H20F2N2O2. The van der Waals surface area contributed by atoms with E-state index in [0.717, 1.165) is 5.56 Å². The number of likely N-dealkylation sites (N-methyl/N-ethyl adjacent to an activating group) is 1. The molecule has 1 aromatic rings. The standard InChI is InChI=1S/C14H20F2N2O2/c1-17(9-12-5-3-2-4-6-12)14(20)11-18(7-8-19)10-13(15)16/h2-6,13,19H,7-11H2,1H3. The van der Waals surface area contributed by atoms with Crippen molar-refractivity contribution in [2.75, 3.05) is 33.3 Å². The number of alkyl halides is 2. The maximum Gasteiger partial charge on any atom is 0.251 e. The van der Waals surface area contributed by atoms with Crippen LogP contribution in [0.1, 0.15) is 5.56 Å². The second kappa shape index (κ2) is 8.60. The van der Waals surface area contributed by atoms with Crippen molar-refractivity contribution in [2.45, 2.75) is 13.0 Å². The van der Waals surface area contributed by atoms with E-state index >= 15 is 0 Å². The lowest BCUT2D eigenvalue weighted by Crippen LogP contribution is -2.41. The number of hydrogen-bond acceptors (Lipinski definition) is 3. The zero-order valence-electron chi connectivity index (χ0n) is 11.5. The zero-order chi connectivity index (χ0) is 15.0.